The van der Waals surface area contributed by atoms with E-state index in [-0.39, 0.29) is 17.4 Å². The van der Waals surface area contributed by atoms with Crippen LogP contribution in [0.15, 0.2) is 52.5 Å². The number of guanidine groups is 1. The molecule has 0 amide bonds. The van der Waals surface area contributed by atoms with Crippen molar-refractivity contribution in [1.29, 1.82) is 0 Å². The maximum absolute atomic E-state index is 14.4. The highest BCUT2D eigenvalue weighted by atomic mass is 32.2. The third kappa shape index (κ3) is 7.46. The van der Waals surface area contributed by atoms with Crippen LogP contribution in [0.2, 0.25) is 0 Å². The summed E-state index contributed by atoms with van der Waals surface area (Å²) in [7, 11) is 0. The summed E-state index contributed by atoms with van der Waals surface area (Å²) in [6, 6.07) is 12.1. The van der Waals surface area contributed by atoms with E-state index in [4.69, 9.17) is 9.98 Å². The second kappa shape index (κ2) is 15.1. The standard InChI is InChI=1S/C38H53FN6OS2/c1-24-7-8-26(33(39)17-24)11-14-44-23-41-35-20-28(9-10-31(35)36(44)46)42-37(43-34-19-27-18-32(25(34)2)38(27,3)4)45-22-29(12-15-47-5)40-21-30(45)13-16-48-6/h7-10,17,20,23,25,27,29-30,32,34,40H,11-16,18-19,21-22H2,1-6H3,(H,42,43)/t25-,27-,29+,30+,32-,34+/m1/s1. The molecule has 7 nitrogen and oxygen atoms in total. The lowest BCUT2D eigenvalue weighted by atomic mass is 9.45. The van der Waals surface area contributed by atoms with Gasteiger partial charge >= 0.3 is 0 Å². The van der Waals surface area contributed by atoms with E-state index in [2.05, 4.69) is 48.8 Å². The van der Waals surface area contributed by atoms with Crippen LogP contribution in [0.3, 0.4) is 0 Å². The molecule has 10 heteroatoms. The lowest BCUT2D eigenvalue weighted by Gasteiger charge is -2.61. The Kier molecular flexibility index (Phi) is 11.1. The van der Waals surface area contributed by atoms with Crippen molar-refractivity contribution in [3.8, 4) is 0 Å². The quantitative estimate of drug-likeness (QED) is 0.165. The molecule has 48 heavy (non-hydrogen) atoms. The van der Waals surface area contributed by atoms with Crippen LogP contribution in [-0.2, 0) is 13.0 Å². The number of aromatic nitrogens is 2. The molecule has 6 atom stereocenters. The number of piperazine rings is 1. The highest BCUT2D eigenvalue weighted by Crippen LogP contribution is 2.61. The highest BCUT2D eigenvalue weighted by molar-refractivity contribution is 7.98. The van der Waals surface area contributed by atoms with Crippen LogP contribution in [0.5, 0.6) is 0 Å². The predicted octanol–water partition coefficient (Wildman–Crippen LogP) is 7.07. The fourth-order valence-electron chi connectivity index (χ4n) is 8.34. The minimum Gasteiger partial charge on any atom is -0.337 e. The number of anilines is 1. The first-order valence-electron chi connectivity index (χ1n) is 17.7. The number of nitrogens with one attached hydrogen (secondary N) is 2. The van der Waals surface area contributed by atoms with E-state index in [1.165, 1.54) is 12.5 Å². The molecule has 3 aromatic rings. The van der Waals surface area contributed by atoms with Crippen molar-refractivity contribution < 1.29 is 4.39 Å². The fourth-order valence-corrected chi connectivity index (χ4v) is 9.37. The van der Waals surface area contributed by atoms with Gasteiger partial charge < -0.3 is 15.5 Å². The zero-order valence-electron chi connectivity index (χ0n) is 29.5. The zero-order valence-corrected chi connectivity index (χ0v) is 31.1. The zero-order chi connectivity index (χ0) is 34.0. The molecule has 3 saturated carbocycles. The molecule has 4 fully saturated rings. The summed E-state index contributed by atoms with van der Waals surface area (Å²) in [6.07, 6.45) is 11.1. The van der Waals surface area contributed by atoms with Crippen LogP contribution in [0, 0.1) is 35.9 Å². The van der Waals surface area contributed by atoms with Gasteiger partial charge in [0.1, 0.15) is 5.82 Å². The summed E-state index contributed by atoms with van der Waals surface area (Å²) in [4.78, 5) is 26.3. The van der Waals surface area contributed by atoms with Crippen molar-refractivity contribution in [3.05, 3.63) is 70.0 Å². The largest absolute Gasteiger partial charge is 0.337 e. The van der Waals surface area contributed by atoms with E-state index in [9.17, 15) is 9.18 Å². The van der Waals surface area contributed by atoms with E-state index >= 15 is 0 Å². The fraction of sp³-hybridized carbons (Fsp3) is 0.605. The summed E-state index contributed by atoms with van der Waals surface area (Å²) >= 11 is 3.80. The first-order chi connectivity index (χ1) is 23.1. The van der Waals surface area contributed by atoms with Gasteiger partial charge in [-0.25, -0.2) is 14.4 Å². The van der Waals surface area contributed by atoms with Gasteiger partial charge in [-0.15, -0.1) is 0 Å². The lowest BCUT2D eigenvalue weighted by Crippen LogP contribution is -2.61. The van der Waals surface area contributed by atoms with Gasteiger partial charge in [0.25, 0.3) is 5.56 Å². The number of fused-ring (bicyclic) bond motifs is 3. The van der Waals surface area contributed by atoms with Crippen molar-refractivity contribution in [1.82, 2.24) is 19.8 Å². The summed E-state index contributed by atoms with van der Waals surface area (Å²) in [5.41, 5.74) is 3.32. The average Bonchev–Trinajstić information content (AvgIpc) is 3.07. The van der Waals surface area contributed by atoms with Crippen molar-refractivity contribution in [3.63, 3.8) is 0 Å². The number of thioether (sulfide) groups is 2. The second-order valence-electron chi connectivity index (χ2n) is 14.9. The van der Waals surface area contributed by atoms with E-state index in [0.29, 0.717) is 58.8 Å². The van der Waals surface area contributed by atoms with E-state index in [1.54, 1.807) is 17.0 Å². The van der Waals surface area contributed by atoms with Crippen LogP contribution in [-0.4, -0.2) is 75.6 Å². The third-order valence-electron chi connectivity index (χ3n) is 11.6. The summed E-state index contributed by atoms with van der Waals surface area (Å²) in [5, 5.41) is 8.19. The van der Waals surface area contributed by atoms with Gasteiger partial charge in [-0.2, -0.15) is 23.5 Å². The van der Waals surface area contributed by atoms with Crippen molar-refractivity contribution in [2.45, 2.75) is 84.5 Å². The molecule has 2 bridgehead atoms. The number of halogens is 1. The molecule has 2 heterocycles. The Bertz CT molecular complexity index is 1680. The Hall–Kier alpha value is -2.56. The Morgan fingerprint density at radius 1 is 1.12 bits per heavy atom. The first kappa shape index (κ1) is 35.3. The number of aryl methyl sites for hydroxylation is 3. The van der Waals surface area contributed by atoms with Gasteiger partial charge in [-0.3, -0.25) is 9.36 Å². The van der Waals surface area contributed by atoms with Gasteiger partial charge in [-0.1, -0.05) is 32.9 Å². The number of aliphatic imine (C=N–C) groups is 1. The smallest absolute Gasteiger partial charge is 0.261 e. The Morgan fingerprint density at radius 3 is 2.65 bits per heavy atom. The molecular weight excluding hydrogens is 640 g/mol. The van der Waals surface area contributed by atoms with Crippen LogP contribution in [0.25, 0.3) is 10.9 Å². The Balaban J connectivity index is 1.28. The van der Waals surface area contributed by atoms with Crippen LogP contribution < -0.4 is 16.2 Å². The van der Waals surface area contributed by atoms with Gasteiger partial charge in [0.05, 0.1) is 23.3 Å². The van der Waals surface area contributed by atoms with Gasteiger partial charge in [0.15, 0.2) is 5.96 Å². The molecule has 3 aliphatic carbocycles. The summed E-state index contributed by atoms with van der Waals surface area (Å²) in [6.45, 7) is 11.4. The molecule has 0 spiro atoms. The van der Waals surface area contributed by atoms with Crippen molar-refractivity contribution in [2.75, 3.05) is 42.4 Å². The van der Waals surface area contributed by atoms with Gasteiger partial charge in [-0.05, 0) is 122 Å². The summed E-state index contributed by atoms with van der Waals surface area (Å²) < 4.78 is 16.0. The third-order valence-corrected chi connectivity index (χ3v) is 12.9. The maximum Gasteiger partial charge on any atom is 0.261 e. The lowest BCUT2D eigenvalue weighted by molar-refractivity contribution is -0.108. The van der Waals surface area contributed by atoms with Crippen molar-refractivity contribution >= 4 is 46.1 Å². The second-order valence-corrected chi connectivity index (χ2v) is 16.9. The monoisotopic (exact) mass is 692 g/mol. The minimum atomic E-state index is -0.232. The van der Waals surface area contributed by atoms with Crippen LogP contribution in [0.4, 0.5) is 10.1 Å². The molecule has 1 saturated heterocycles. The SMILES string of the molecule is CSCC[C@H]1CN(C(=N[C@H]2C[C@H]3C[C@H]([C@H]2C)C3(C)C)Nc2ccc3c(=O)n(CCc4ccc(C)cc4F)cnc3c2)[C@@H](CCSC)CN1. The molecule has 1 aromatic heterocycles. The average molecular weight is 693 g/mol. The van der Waals surface area contributed by atoms with E-state index < -0.39 is 0 Å². The number of nitrogens with zero attached hydrogens (tertiary/aromatic N) is 4. The van der Waals surface area contributed by atoms with Crippen molar-refractivity contribution in [2.24, 2.45) is 28.2 Å². The first-order valence-corrected chi connectivity index (χ1v) is 20.4. The predicted molar refractivity (Wildman–Crippen MR) is 203 cm³/mol. The topological polar surface area (TPSA) is 74.5 Å². The molecular formula is C38H53FN6OS2. The van der Waals surface area contributed by atoms with E-state index in [0.717, 1.165) is 67.0 Å². The number of hydrogen-bond acceptors (Lipinski definition) is 6. The van der Waals surface area contributed by atoms with Crippen LogP contribution >= 0.6 is 23.5 Å². The highest BCUT2D eigenvalue weighted by Gasteiger charge is 2.56. The maximum atomic E-state index is 14.4. The molecule has 0 radical (unpaired) electrons. The molecule has 260 valence electrons. The molecule has 4 aliphatic rings. The number of hydrogen-bond donors (Lipinski definition) is 2. The Morgan fingerprint density at radius 2 is 1.92 bits per heavy atom. The number of rotatable bonds is 11. The molecule has 2 N–H and O–H groups in total. The molecule has 1 aliphatic heterocycles. The minimum absolute atomic E-state index is 0.110. The molecule has 2 aromatic carbocycles. The van der Waals surface area contributed by atoms with Crippen LogP contribution in [0.1, 0.15) is 57.6 Å². The number of benzene rings is 2. The molecule has 0 unspecified atom stereocenters. The Labute approximate surface area is 294 Å². The van der Waals surface area contributed by atoms with Gasteiger partial charge in [0, 0.05) is 37.4 Å². The summed E-state index contributed by atoms with van der Waals surface area (Å²) in [5.74, 6) is 4.94. The molecule has 7 rings (SSSR count). The van der Waals surface area contributed by atoms with Gasteiger partial charge in [0.2, 0.25) is 0 Å². The van der Waals surface area contributed by atoms with E-state index in [1.807, 2.05) is 54.7 Å². The normalized spacial score (nSPS) is 26.8.